The molecule has 94 valence electrons. The fourth-order valence-electron chi connectivity index (χ4n) is 2.07. The highest BCUT2D eigenvalue weighted by molar-refractivity contribution is 5.27. The van der Waals surface area contributed by atoms with Crippen molar-refractivity contribution in [3.8, 4) is 5.75 Å². The van der Waals surface area contributed by atoms with Crippen LogP contribution in [0.1, 0.15) is 18.4 Å². The van der Waals surface area contributed by atoms with Crippen LogP contribution in [0.3, 0.4) is 0 Å². The minimum atomic E-state index is 0.531. The lowest BCUT2D eigenvalue weighted by Crippen LogP contribution is -2.28. The maximum atomic E-state index is 5.76. The van der Waals surface area contributed by atoms with E-state index >= 15 is 0 Å². The Bertz CT molecular complexity index is 317. The monoisotopic (exact) mass is 235 g/mol. The third-order valence-electron chi connectivity index (χ3n) is 3.13. The molecule has 3 heteroatoms. The van der Waals surface area contributed by atoms with Crippen molar-refractivity contribution in [2.75, 3.05) is 26.9 Å². The molecule has 1 aromatic carbocycles. The standard InChI is InChI=1S/C14H21NO2/c1-16-10-8-12-4-6-14(7-5-12)17-11-13-3-2-9-15-13/h4-7,13,15H,2-3,8-11H2,1H3. The van der Waals surface area contributed by atoms with Crippen molar-refractivity contribution < 1.29 is 9.47 Å². The summed E-state index contributed by atoms with van der Waals surface area (Å²) in [5.41, 5.74) is 1.29. The van der Waals surface area contributed by atoms with E-state index < -0.39 is 0 Å². The second-order valence-corrected chi connectivity index (χ2v) is 4.49. The fraction of sp³-hybridized carbons (Fsp3) is 0.571. The van der Waals surface area contributed by atoms with E-state index in [0.29, 0.717) is 6.04 Å². The Balaban J connectivity index is 1.76. The summed E-state index contributed by atoms with van der Waals surface area (Å²) >= 11 is 0. The zero-order valence-electron chi connectivity index (χ0n) is 10.4. The van der Waals surface area contributed by atoms with E-state index in [0.717, 1.165) is 31.9 Å². The Morgan fingerprint density at radius 3 is 2.76 bits per heavy atom. The van der Waals surface area contributed by atoms with Crippen LogP contribution in [0.5, 0.6) is 5.75 Å². The minimum Gasteiger partial charge on any atom is -0.492 e. The second-order valence-electron chi connectivity index (χ2n) is 4.49. The van der Waals surface area contributed by atoms with Crippen LogP contribution in [0.2, 0.25) is 0 Å². The maximum Gasteiger partial charge on any atom is 0.119 e. The van der Waals surface area contributed by atoms with Crippen LogP contribution in [-0.4, -0.2) is 32.9 Å². The summed E-state index contributed by atoms with van der Waals surface area (Å²) in [7, 11) is 1.73. The van der Waals surface area contributed by atoms with Crippen molar-refractivity contribution in [1.82, 2.24) is 5.32 Å². The molecule has 0 amide bonds. The molecule has 0 aromatic heterocycles. The number of hydrogen-bond donors (Lipinski definition) is 1. The minimum absolute atomic E-state index is 0.531. The third kappa shape index (κ3) is 4.02. The van der Waals surface area contributed by atoms with Gasteiger partial charge in [-0.1, -0.05) is 12.1 Å². The molecule has 1 atom stereocenters. The maximum absolute atomic E-state index is 5.76. The van der Waals surface area contributed by atoms with E-state index in [9.17, 15) is 0 Å². The molecule has 0 saturated carbocycles. The van der Waals surface area contributed by atoms with Crippen LogP contribution in [0, 0.1) is 0 Å². The highest BCUT2D eigenvalue weighted by Gasteiger charge is 2.14. The van der Waals surface area contributed by atoms with Gasteiger partial charge in [0, 0.05) is 13.2 Å². The van der Waals surface area contributed by atoms with Crippen molar-refractivity contribution in [3.05, 3.63) is 29.8 Å². The number of benzene rings is 1. The molecule has 1 saturated heterocycles. The Labute approximate surface area is 103 Å². The highest BCUT2D eigenvalue weighted by atomic mass is 16.5. The molecular formula is C14H21NO2. The average molecular weight is 235 g/mol. The fourth-order valence-corrected chi connectivity index (χ4v) is 2.07. The molecule has 3 nitrogen and oxygen atoms in total. The van der Waals surface area contributed by atoms with E-state index in [1.54, 1.807) is 7.11 Å². The molecule has 0 radical (unpaired) electrons. The lowest BCUT2D eigenvalue weighted by molar-refractivity contribution is 0.202. The van der Waals surface area contributed by atoms with Crippen LogP contribution in [0.15, 0.2) is 24.3 Å². The molecule has 17 heavy (non-hydrogen) atoms. The molecule has 0 spiro atoms. The van der Waals surface area contributed by atoms with Gasteiger partial charge < -0.3 is 14.8 Å². The van der Waals surface area contributed by atoms with E-state index in [4.69, 9.17) is 9.47 Å². The quantitative estimate of drug-likeness (QED) is 0.818. The first-order chi connectivity index (χ1) is 8.38. The van der Waals surface area contributed by atoms with Gasteiger partial charge >= 0.3 is 0 Å². The summed E-state index contributed by atoms with van der Waals surface area (Å²) < 4.78 is 10.8. The molecule has 0 bridgehead atoms. The van der Waals surface area contributed by atoms with Crippen molar-refractivity contribution in [1.29, 1.82) is 0 Å². The average Bonchev–Trinajstić information content (AvgIpc) is 2.88. The topological polar surface area (TPSA) is 30.5 Å². The van der Waals surface area contributed by atoms with Crippen LogP contribution < -0.4 is 10.1 Å². The van der Waals surface area contributed by atoms with E-state index in [1.807, 2.05) is 12.1 Å². The summed E-state index contributed by atoms with van der Waals surface area (Å²) in [4.78, 5) is 0. The Kier molecular flexibility index (Phi) is 4.83. The van der Waals surface area contributed by atoms with Gasteiger partial charge in [-0.15, -0.1) is 0 Å². The first-order valence-corrected chi connectivity index (χ1v) is 6.32. The van der Waals surface area contributed by atoms with Gasteiger partial charge in [-0.05, 0) is 43.5 Å². The van der Waals surface area contributed by atoms with E-state index in [2.05, 4.69) is 17.4 Å². The summed E-state index contributed by atoms with van der Waals surface area (Å²) in [6, 6.07) is 8.83. The Morgan fingerprint density at radius 1 is 1.29 bits per heavy atom. The lowest BCUT2D eigenvalue weighted by atomic mass is 10.1. The molecular weight excluding hydrogens is 214 g/mol. The van der Waals surface area contributed by atoms with Gasteiger partial charge in [-0.25, -0.2) is 0 Å². The van der Waals surface area contributed by atoms with Gasteiger partial charge in [0.05, 0.1) is 6.61 Å². The number of rotatable bonds is 6. The molecule has 1 aromatic rings. The van der Waals surface area contributed by atoms with Gasteiger partial charge in [0.25, 0.3) is 0 Å². The van der Waals surface area contributed by atoms with E-state index in [1.165, 1.54) is 18.4 Å². The largest absolute Gasteiger partial charge is 0.492 e. The molecule has 1 unspecified atom stereocenters. The van der Waals surface area contributed by atoms with Crippen molar-refractivity contribution in [2.24, 2.45) is 0 Å². The van der Waals surface area contributed by atoms with Gasteiger partial charge in [0.1, 0.15) is 12.4 Å². The Hall–Kier alpha value is -1.06. The predicted octanol–water partition coefficient (Wildman–Crippen LogP) is 2.01. The molecule has 1 N–H and O–H groups in total. The zero-order valence-corrected chi connectivity index (χ0v) is 10.4. The van der Waals surface area contributed by atoms with Crippen LogP contribution >= 0.6 is 0 Å². The summed E-state index contributed by atoms with van der Waals surface area (Å²) in [6.45, 7) is 2.67. The highest BCUT2D eigenvalue weighted by Crippen LogP contribution is 2.14. The molecule has 2 rings (SSSR count). The first-order valence-electron chi connectivity index (χ1n) is 6.32. The van der Waals surface area contributed by atoms with Gasteiger partial charge in [-0.3, -0.25) is 0 Å². The van der Waals surface area contributed by atoms with Crippen molar-refractivity contribution in [2.45, 2.75) is 25.3 Å². The Morgan fingerprint density at radius 2 is 2.12 bits per heavy atom. The second kappa shape index (κ2) is 6.62. The van der Waals surface area contributed by atoms with Crippen LogP contribution in [0.4, 0.5) is 0 Å². The summed E-state index contributed by atoms with van der Waals surface area (Å²) in [6.07, 6.45) is 3.46. The van der Waals surface area contributed by atoms with Crippen molar-refractivity contribution in [3.63, 3.8) is 0 Å². The molecule has 0 aliphatic carbocycles. The smallest absolute Gasteiger partial charge is 0.119 e. The normalized spacial score (nSPS) is 19.5. The first kappa shape index (κ1) is 12.4. The molecule has 1 heterocycles. The van der Waals surface area contributed by atoms with Crippen LogP contribution in [0.25, 0.3) is 0 Å². The van der Waals surface area contributed by atoms with Gasteiger partial charge in [0.15, 0.2) is 0 Å². The van der Waals surface area contributed by atoms with Gasteiger partial charge in [0.2, 0.25) is 0 Å². The number of methoxy groups -OCH3 is 1. The number of hydrogen-bond acceptors (Lipinski definition) is 3. The predicted molar refractivity (Wildman–Crippen MR) is 68.5 cm³/mol. The van der Waals surface area contributed by atoms with Crippen LogP contribution in [-0.2, 0) is 11.2 Å². The number of nitrogens with one attached hydrogen (secondary N) is 1. The SMILES string of the molecule is COCCc1ccc(OCC2CCCN2)cc1. The van der Waals surface area contributed by atoms with E-state index in [-0.39, 0.29) is 0 Å². The molecule has 1 aliphatic rings. The van der Waals surface area contributed by atoms with Crippen molar-refractivity contribution >= 4 is 0 Å². The summed E-state index contributed by atoms with van der Waals surface area (Å²) in [5, 5.41) is 3.42. The number of ether oxygens (including phenoxy) is 2. The van der Waals surface area contributed by atoms with Gasteiger partial charge in [-0.2, -0.15) is 0 Å². The summed E-state index contributed by atoms with van der Waals surface area (Å²) in [5.74, 6) is 0.958. The molecule has 1 fully saturated rings. The lowest BCUT2D eigenvalue weighted by Gasteiger charge is -2.12. The molecule has 1 aliphatic heterocycles. The third-order valence-corrected chi connectivity index (χ3v) is 3.13. The zero-order chi connectivity index (χ0) is 11.9.